The van der Waals surface area contributed by atoms with Gasteiger partial charge in [-0.15, -0.1) is 0 Å². The number of carbonyl (C=O) groups is 1. The Hall–Kier alpha value is -3.60. The van der Waals surface area contributed by atoms with Crippen LogP contribution in [0.5, 0.6) is 0 Å². The third-order valence-electron chi connectivity index (χ3n) is 5.21. The van der Waals surface area contributed by atoms with E-state index in [1.54, 1.807) is 6.07 Å². The van der Waals surface area contributed by atoms with Crippen molar-refractivity contribution in [2.75, 3.05) is 0 Å². The van der Waals surface area contributed by atoms with Crippen LogP contribution in [0.2, 0.25) is 0 Å². The van der Waals surface area contributed by atoms with Crippen LogP contribution < -0.4 is 5.73 Å². The van der Waals surface area contributed by atoms with Crippen LogP contribution in [0.4, 0.5) is 0 Å². The van der Waals surface area contributed by atoms with Gasteiger partial charge in [0.25, 0.3) is 5.91 Å². The van der Waals surface area contributed by atoms with E-state index in [4.69, 9.17) is 10.3 Å². The Labute approximate surface area is 169 Å². The number of amides is 1. The van der Waals surface area contributed by atoms with Gasteiger partial charge in [0, 0.05) is 23.9 Å². The van der Waals surface area contributed by atoms with E-state index >= 15 is 0 Å². The summed E-state index contributed by atoms with van der Waals surface area (Å²) < 4.78 is 7.66. The van der Waals surface area contributed by atoms with Crippen LogP contribution in [-0.2, 0) is 13.0 Å². The van der Waals surface area contributed by atoms with Gasteiger partial charge in [-0.2, -0.15) is 0 Å². The van der Waals surface area contributed by atoms with Crippen molar-refractivity contribution < 1.29 is 9.32 Å². The highest BCUT2D eigenvalue weighted by atomic mass is 16.5. The second-order valence-electron chi connectivity index (χ2n) is 7.22. The highest BCUT2D eigenvalue weighted by Gasteiger charge is 2.19. The Kier molecular flexibility index (Phi) is 5.04. The maximum Gasteiger partial charge on any atom is 0.250 e. The van der Waals surface area contributed by atoms with E-state index in [-0.39, 0.29) is 0 Å². The standard InChI is InChI=1S/C24H23N3O2/c1-16-8-10-18(11-9-16)12-13-27-17(2)20(24(25)28)14-22(27)21-15-23(29-26-21)19-6-4-3-5-7-19/h3-11,14-15H,12-13H2,1-2H3,(H2,25,28). The fourth-order valence-corrected chi connectivity index (χ4v) is 3.52. The van der Waals surface area contributed by atoms with Crippen molar-refractivity contribution >= 4 is 5.91 Å². The van der Waals surface area contributed by atoms with Crippen LogP contribution in [0.3, 0.4) is 0 Å². The Morgan fingerprint density at radius 1 is 1.03 bits per heavy atom. The monoisotopic (exact) mass is 385 g/mol. The molecule has 146 valence electrons. The molecule has 5 nitrogen and oxygen atoms in total. The third kappa shape index (κ3) is 3.85. The SMILES string of the molecule is Cc1ccc(CCn2c(-c3cc(-c4ccccc4)on3)cc(C(N)=O)c2C)cc1. The summed E-state index contributed by atoms with van der Waals surface area (Å²) in [7, 11) is 0. The quantitative estimate of drug-likeness (QED) is 0.520. The Bertz CT molecular complexity index is 1140. The number of rotatable bonds is 6. The Morgan fingerprint density at radius 2 is 1.76 bits per heavy atom. The van der Waals surface area contributed by atoms with E-state index in [1.165, 1.54) is 11.1 Å². The molecule has 0 unspecified atom stereocenters. The number of benzene rings is 2. The first-order valence-electron chi connectivity index (χ1n) is 9.61. The summed E-state index contributed by atoms with van der Waals surface area (Å²) >= 11 is 0. The lowest BCUT2D eigenvalue weighted by Gasteiger charge is -2.11. The fraction of sp³-hybridized carbons (Fsp3) is 0.167. The lowest BCUT2D eigenvalue weighted by molar-refractivity contribution is 0.0999. The van der Waals surface area contributed by atoms with E-state index in [2.05, 4.69) is 40.9 Å². The molecule has 5 heteroatoms. The molecule has 0 fully saturated rings. The van der Waals surface area contributed by atoms with E-state index in [1.807, 2.05) is 43.3 Å². The average Bonchev–Trinajstić information content (AvgIpc) is 3.33. The first-order chi connectivity index (χ1) is 14.0. The summed E-state index contributed by atoms with van der Waals surface area (Å²) in [5.74, 6) is 0.245. The molecule has 29 heavy (non-hydrogen) atoms. The summed E-state index contributed by atoms with van der Waals surface area (Å²) in [6.07, 6.45) is 0.838. The molecular weight excluding hydrogens is 362 g/mol. The molecule has 0 saturated heterocycles. The van der Waals surface area contributed by atoms with Gasteiger partial charge in [0.15, 0.2) is 5.76 Å². The lowest BCUT2D eigenvalue weighted by Crippen LogP contribution is -2.13. The summed E-state index contributed by atoms with van der Waals surface area (Å²) in [6.45, 7) is 4.70. The number of carbonyl (C=O) groups excluding carboxylic acids is 1. The van der Waals surface area contributed by atoms with Gasteiger partial charge in [-0.05, 0) is 31.9 Å². The number of primary amides is 1. The summed E-state index contributed by atoms with van der Waals surface area (Å²) in [4.78, 5) is 11.9. The molecule has 0 radical (unpaired) electrons. The van der Waals surface area contributed by atoms with Crippen LogP contribution in [0.25, 0.3) is 22.7 Å². The summed E-state index contributed by atoms with van der Waals surface area (Å²) in [5, 5.41) is 4.26. The van der Waals surface area contributed by atoms with E-state index in [0.717, 1.165) is 23.4 Å². The normalized spacial score (nSPS) is 11.0. The fourth-order valence-electron chi connectivity index (χ4n) is 3.52. The molecule has 2 heterocycles. The molecule has 0 aliphatic rings. The van der Waals surface area contributed by atoms with Gasteiger partial charge < -0.3 is 14.8 Å². The zero-order valence-electron chi connectivity index (χ0n) is 16.6. The van der Waals surface area contributed by atoms with Crippen molar-refractivity contribution in [1.29, 1.82) is 0 Å². The van der Waals surface area contributed by atoms with Crippen LogP contribution in [-0.4, -0.2) is 15.6 Å². The van der Waals surface area contributed by atoms with Crippen LogP contribution >= 0.6 is 0 Å². The predicted octanol–water partition coefficient (Wildman–Crippen LogP) is 4.77. The molecule has 2 aromatic carbocycles. The molecule has 0 spiro atoms. The molecule has 2 aromatic heterocycles. The molecule has 0 aliphatic heterocycles. The van der Waals surface area contributed by atoms with Crippen molar-refractivity contribution in [1.82, 2.24) is 9.72 Å². The largest absolute Gasteiger partial charge is 0.366 e. The third-order valence-corrected chi connectivity index (χ3v) is 5.21. The van der Waals surface area contributed by atoms with Gasteiger partial charge in [0.1, 0.15) is 5.69 Å². The highest BCUT2D eigenvalue weighted by molar-refractivity contribution is 5.95. The van der Waals surface area contributed by atoms with Gasteiger partial charge in [0.05, 0.1) is 11.3 Å². The van der Waals surface area contributed by atoms with Crippen LogP contribution in [0.15, 0.2) is 71.3 Å². The van der Waals surface area contributed by atoms with Crippen molar-refractivity contribution in [3.8, 4) is 22.7 Å². The van der Waals surface area contributed by atoms with Crippen molar-refractivity contribution in [3.05, 3.63) is 89.1 Å². The van der Waals surface area contributed by atoms with Gasteiger partial charge in [0.2, 0.25) is 0 Å². The second-order valence-corrected chi connectivity index (χ2v) is 7.22. The maximum atomic E-state index is 11.9. The number of hydrogen-bond donors (Lipinski definition) is 1. The molecule has 2 N–H and O–H groups in total. The van der Waals surface area contributed by atoms with E-state index in [9.17, 15) is 4.79 Å². The van der Waals surface area contributed by atoms with Gasteiger partial charge in [-0.25, -0.2) is 0 Å². The summed E-state index contributed by atoms with van der Waals surface area (Å²) in [5.41, 5.74) is 11.9. The molecule has 0 saturated carbocycles. The number of aryl methyl sites for hydroxylation is 2. The zero-order valence-corrected chi connectivity index (χ0v) is 16.6. The minimum absolute atomic E-state index is 0.440. The minimum atomic E-state index is -0.440. The van der Waals surface area contributed by atoms with Crippen LogP contribution in [0.1, 0.15) is 27.2 Å². The van der Waals surface area contributed by atoms with Gasteiger partial charge >= 0.3 is 0 Å². The van der Waals surface area contributed by atoms with Crippen molar-refractivity contribution in [2.45, 2.75) is 26.8 Å². The molecule has 0 atom stereocenters. The second kappa shape index (κ2) is 7.80. The molecule has 4 rings (SSSR count). The topological polar surface area (TPSA) is 74.1 Å². The van der Waals surface area contributed by atoms with Crippen LogP contribution in [0, 0.1) is 13.8 Å². The Morgan fingerprint density at radius 3 is 2.45 bits per heavy atom. The average molecular weight is 385 g/mol. The smallest absolute Gasteiger partial charge is 0.250 e. The first-order valence-corrected chi connectivity index (χ1v) is 9.61. The number of nitrogens with two attached hydrogens (primary N) is 1. The lowest BCUT2D eigenvalue weighted by atomic mass is 10.1. The molecule has 4 aromatic rings. The van der Waals surface area contributed by atoms with E-state index in [0.29, 0.717) is 23.6 Å². The number of aromatic nitrogens is 2. The summed E-state index contributed by atoms with van der Waals surface area (Å²) in [6, 6.07) is 22.0. The van der Waals surface area contributed by atoms with Crippen molar-refractivity contribution in [2.24, 2.45) is 5.73 Å². The zero-order chi connectivity index (χ0) is 20.4. The predicted molar refractivity (Wildman–Crippen MR) is 114 cm³/mol. The van der Waals surface area contributed by atoms with E-state index < -0.39 is 5.91 Å². The van der Waals surface area contributed by atoms with Gasteiger partial charge in [-0.1, -0.05) is 65.3 Å². The number of hydrogen-bond acceptors (Lipinski definition) is 3. The first kappa shape index (κ1) is 18.7. The molecule has 0 bridgehead atoms. The Balaban J connectivity index is 1.69. The molecular formula is C24H23N3O2. The highest BCUT2D eigenvalue weighted by Crippen LogP contribution is 2.29. The molecule has 1 amide bonds. The number of nitrogens with zero attached hydrogens (tertiary/aromatic N) is 2. The minimum Gasteiger partial charge on any atom is -0.366 e. The van der Waals surface area contributed by atoms with Crippen molar-refractivity contribution in [3.63, 3.8) is 0 Å². The molecule has 0 aliphatic carbocycles. The van der Waals surface area contributed by atoms with Gasteiger partial charge in [-0.3, -0.25) is 4.79 Å². The maximum absolute atomic E-state index is 11.9.